The number of aromatic nitrogens is 1. The summed E-state index contributed by atoms with van der Waals surface area (Å²) in [5.74, 6) is 0.724. The molecule has 0 amide bonds. The second-order valence-electron chi connectivity index (χ2n) is 5.97. The monoisotopic (exact) mass is 295 g/mol. The highest BCUT2D eigenvalue weighted by molar-refractivity contribution is 7.15. The first-order chi connectivity index (χ1) is 9.72. The Balaban J connectivity index is 1.85. The van der Waals surface area contributed by atoms with E-state index in [0.29, 0.717) is 12.1 Å². The lowest BCUT2D eigenvalue weighted by molar-refractivity contribution is 0.0299. The Morgan fingerprint density at radius 1 is 1.45 bits per heavy atom. The molecule has 1 aromatic heterocycles. The second kappa shape index (κ2) is 6.00. The highest BCUT2D eigenvalue weighted by atomic mass is 32.1. The lowest BCUT2D eigenvalue weighted by Crippen LogP contribution is -2.48. The topological polar surface area (TPSA) is 37.4 Å². The van der Waals surface area contributed by atoms with Crippen molar-refractivity contribution in [1.82, 2.24) is 10.3 Å². The maximum absolute atomic E-state index is 5.80. The Kier molecular flexibility index (Phi) is 4.29. The molecule has 1 aliphatic carbocycles. The average Bonchev–Trinajstić information content (AvgIpc) is 3.21. The summed E-state index contributed by atoms with van der Waals surface area (Å²) >= 11 is 1.88. The van der Waals surface area contributed by atoms with E-state index < -0.39 is 0 Å². The first kappa shape index (κ1) is 14.3. The summed E-state index contributed by atoms with van der Waals surface area (Å²) in [6, 6.07) is 0.479. The van der Waals surface area contributed by atoms with Crippen molar-refractivity contribution < 1.29 is 4.74 Å². The summed E-state index contributed by atoms with van der Waals surface area (Å²) in [6.07, 6.45) is 4.05. The number of nitrogens with one attached hydrogen (secondary N) is 1. The molecule has 2 fully saturated rings. The van der Waals surface area contributed by atoms with E-state index in [0.717, 1.165) is 32.0 Å². The van der Waals surface area contributed by atoms with Crippen molar-refractivity contribution in [3.63, 3.8) is 0 Å². The van der Waals surface area contributed by atoms with Gasteiger partial charge in [-0.2, -0.15) is 0 Å². The molecule has 0 bridgehead atoms. The van der Waals surface area contributed by atoms with Crippen LogP contribution in [0.4, 0.5) is 5.13 Å². The largest absolute Gasteiger partial charge is 0.375 e. The van der Waals surface area contributed by atoms with Gasteiger partial charge in [0.15, 0.2) is 5.13 Å². The van der Waals surface area contributed by atoms with Gasteiger partial charge >= 0.3 is 0 Å². The van der Waals surface area contributed by atoms with Gasteiger partial charge in [-0.3, -0.25) is 0 Å². The zero-order valence-electron chi connectivity index (χ0n) is 12.7. The fraction of sp³-hybridized carbons (Fsp3) is 0.800. The van der Waals surface area contributed by atoms with Gasteiger partial charge in [0, 0.05) is 23.9 Å². The summed E-state index contributed by atoms with van der Waals surface area (Å²) in [5, 5.41) is 4.49. The van der Waals surface area contributed by atoms with Crippen LogP contribution in [0.15, 0.2) is 0 Å². The van der Waals surface area contributed by atoms with Crippen LogP contribution in [0.1, 0.15) is 49.6 Å². The molecule has 1 N–H and O–H groups in total. The first-order valence-electron chi connectivity index (χ1n) is 7.75. The number of anilines is 1. The molecule has 1 aromatic rings. The van der Waals surface area contributed by atoms with Crippen LogP contribution < -0.4 is 10.2 Å². The number of hydrogen-bond donors (Lipinski definition) is 1. The summed E-state index contributed by atoms with van der Waals surface area (Å²) in [5.41, 5.74) is 1.35. The van der Waals surface area contributed by atoms with Crippen LogP contribution in [0, 0.1) is 0 Å². The van der Waals surface area contributed by atoms with E-state index >= 15 is 0 Å². The third kappa shape index (κ3) is 2.85. The predicted octanol–water partition coefficient (Wildman–Crippen LogP) is 2.74. The minimum atomic E-state index is 0.304. The number of thiazole rings is 1. The zero-order valence-corrected chi connectivity index (χ0v) is 13.5. The maximum Gasteiger partial charge on any atom is 0.186 e. The predicted molar refractivity (Wildman–Crippen MR) is 83.7 cm³/mol. The summed E-state index contributed by atoms with van der Waals surface area (Å²) < 4.78 is 5.80. The standard InChI is InChI=1S/C15H25N3OS/c1-4-12-9-19-10(2)8-18(12)15-17-14(11-5-6-11)13(20-15)7-16-3/h10-12,16H,4-9H2,1-3H3. The van der Waals surface area contributed by atoms with Crippen LogP contribution in [-0.2, 0) is 11.3 Å². The fourth-order valence-electron chi connectivity index (χ4n) is 2.85. The van der Waals surface area contributed by atoms with Crippen molar-refractivity contribution in [3.8, 4) is 0 Å². The quantitative estimate of drug-likeness (QED) is 0.906. The Hall–Kier alpha value is -0.650. The van der Waals surface area contributed by atoms with Crippen molar-refractivity contribution in [2.45, 2.75) is 57.7 Å². The molecule has 5 heteroatoms. The van der Waals surface area contributed by atoms with Gasteiger partial charge in [0.1, 0.15) is 0 Å². The Morgan fingerprint density at radius 2 is 2.25 bits per heavy atom. The second-order valence-corrected chi connectivity index (χ2v) is 7.03. The molecule has 1 aliphatic heterocycles. The van der Waals surface area contributed by atoms with Crippen molar-refractivity contribution in [2.24, 2.45) is 0 Å². The van der Waals surface area contributed by atoms with Gasteiger partial charge in [-0.05, 0) is 33.2 Å². The Bertz CT molecular complexity index is 458. The third-order valence-corrected chi connectivity index (χ3v) is 5.31. The smallest absolute Gasteiger partial charge is 0.186 e. The summed E-state index contributed by atoms with van der Waals surface area (Å²) in [6.45, 7) is 7.14. The first-order valence-corrected chi connectivity index (χ1v) is 8.57. The molecule has 20 heavy (non-hydrogen) atoms. The molecule has 2 aliphatic rings. The van der Waals surface area contributed by atoms with Crippen LogP contribution in [0.3, 0.4) is 0 Å². The average molecular weight is 295 g/mol. The van der Waals surface area contributed by atoms with Gasteiger partial charge in [-0.1, -0.05) is 6.92 Å². The SMILES string of the molecule is CCC1COC(C)CN1c1nc(C2CC2)c(CNC)s1. The normalized spacial score (nSPS) is 27.1. The maximum atomic E-state index is 5.80. The van der Waals surface area contributed by atoms with E-state index in [-0.39, 0.29) is 0 Å². The number of morpholine rings is 1. The molecule has 112 valence electrons. The molecular formula is C15H25N3OS. The molecular weight excluding hydrogens is 270 g/mol. The molecule has 0 radical (unpaired) electrons. The van der Waals surface area contributed by atoms with E-state index in [1.807, 2.05) is 18.4 Å². The van der Waals surface area contributed by atoms with Crippen LogP contribution in [0.5, 0.6) is 0 Å². The van der Waals surface area contributed by atoms with Gasteiger partial charge in [0.2, 0.25) is 0 Å². The van der Waals surface area contributed by atoms with Crippen LogP contribution in [0.25, 0.3) is 0 Å². The van der Waals surface area contributed by atoms with Gasteiger partial charge in [0.05, 0.1) is 24.4 Å². The minimum absolute atomic E-state index is 0.304. The number of nitrogens with zero attached hydrogens (tertiary/aromatic N) is 2. The fourth-order valence-corrected chi connectivity index (χ4v) is 4.09. The van der Waals surface area contributed by atoms with Crippen LogP contribution >= 0.6 is 11.3 Å². The van der Waals surface area contributed by atoms with Crippen molar-refractivity contribution >= 4 is 16.5 Å². The van der Waals surface area contributed by atoms with Gasteiger partial charge in [-0.25, -0.2) is 4.98 Å². The molecule has 0 spiro atoms. The molecule has 1 saturated heterocycles. The van der Waals surface area contributed by atoms with Crippen LogP contribution in [0.2, 0.25) is 0 Å². The van der Waals surface area contributed by atoms with E-state index in [2.05, 4.69) is 24.1 Å². The number of ether oxygens (including phenoxy) is 1. The number of rotatable bonds is 5. The lowest BCUT2D eigenvalue weighted by Gasteiger charge is -2.38. The minimum Gasteiger partial charge on any atom is -0.375 e. The summed E-state index contributed by atoms with van der Waals surface area (Å²) in [4.78, 5) is 8.90. The third-order valence-electron chi connectivity index (χ3n) is 4.20. The van der Waals surface area contributed by atoms with E-state index in [1.54, 1.807) is 0 Å². The highest BCUT2D eigenvalue weighted by Crippen LogP contribution is 2.44. The van der Waals surface area contributed by atoms with Crippen LogP contribution in [-0.4, -0.2) is 37.3 Å². The molecule has 3 rings (SSSR count). The highest BCUT2D eigenvalue weighted by Gasteiger charge is 2.33. The Labute approximate surface area is 125 Å². The van der Waals surface area contributed by atoms with Gasteiger partial charge in [-0.15, -0.1) is 11.3 Å². The van der Waals surface area contributed by atoms with E-state index in [9.17, 15) is 0 Å². The van der Waals surface area contributed by atoms with E-state index in [4.69, 9.17) is 9.72 Å². The van der Waals surface area contributed by atoms with Crippen molar-refractivity contribution in [2.75, 3.05) is 25.1 Å². The zero-order chi connectivity index (χ0) is 14.1. The molecule has 2 atom stereocenters. The molecule has 2 unspecified atom stereocenters. The van der Waals surface area contributed by atoms with Gasteiger partial charge < -0.3 is 15.0 Å². The molecule has 0 aromatic carbocycles. The van der Waals surface area contributed by atoms with E-state index in [1.165, 1.54) is 28.5 Å². The van der Waals surface area contributed by atoms with Gasteiger partial charge in [0.25, 0.3) is 0 Å². The molecule has 4 nitrogen and oxygen atoms in total. The molecule has 1 saturated carbocycles. The summed E-state index contributed by atoms with van der Waals surface area (Å²) in [7, 11) is 2.02. The number of hydrogen-bond acceptors (Lipinski definition) is 5. The Morgan fingerprint density at radius 3 is 2.90 bits per heavy atom. The molecule has 2 heterocycles. The lowest BCUT2D eigenvalue weighted by atomic mass is 10.1. The van der Waals surface area contributed by atoms with Crippen molar-refractivity contribution in [1.29, 1.82) is 0 Å². The van der Waals surface area contributed by atoms with Crippen molar-refractivity contribution in [3.05, 3.63) is 10.6 Å².